The Kier molecular flexibility index (Phi) is 8.60. The van der Waals surface area contributed by atoms with E-state index in [1.165, 1.54) is 36.6 Å². The van der Waals surface area contributed by atoms with Gasteiger partial charge in [0.2, 0.25) is 0 Å². The first-order chi connectivity index (χ1) is 9.24. The Morgan fingerprint density at radius 3 is 2.37 bits per heavy atom. The van der Waals surface area contributed by atoms with Gasteiger partial charge < -0.3 is 0 Å². The molecule has 1 unspecified atom stereocenters. The molecular formula is C16H24O2Se. The molecule has 0 bridgehead atoms. The van der Waals surface area contributed by atoms with Crippen molar-refractivity contribution in [1.82, 2.24) is 0 Å². The summed E-state index contributed by atoms with van der Waals surface area (Å²) in [5, 5.41) is 9.29. The summed E-state index contributed by atoms with van der Waals surface area (Å²) in [6.45, 7) is 2.21. The summed E-state index contributed by atoms with van der Waals surface area (Å²) < 4.78 is 1.19. The van der Waals surface area contributed by atoms with E-state index in [4.69, 9.17) is 0 Å². The molecule has 0 aliphatic heterocycles. The fourth-order valence-electron chi connectivity index (χ4n) is 2.01. The quantitative estimate of drug-likeness (QED) is 0.526. The first-order valence-electron chi connectivity index (χ1n) is 7.18. The number of carboxylic acid groups (broad SMARTS) is 1. The molecule has 2 nitrogen and oxygen atoms in total. The average molecular weight is 327 g/mol. The second-order valence-corrected chi connectivity index (χ2v) is 7.49. The number of carbonyl (C=O) groups is 1. The van der Waals surface area contributed by atoms with Crippen molar-refractivity contribution in [2.24, 2.45) is 0 Å². The molecule has 0 amide bonds. The summed E-state index contributed by atoms with van der Waals surface area (Å²) in [5.74, 6) is -0.627. The third-order valence-electron chi connectivity index (χ3n) is 3.12. The number of carboxylic acids is 1. The SMILES string of the molecule is CCCCCCCCC([Se]c1ccccc1)C(=O)O. The number of rotatable bonds is 10. The number of hydrogen-bond donors (Lipinski definition) is 1. The van der Waals surface area contributed by atoms with Gasteiger partial charge in [-0.3, -0.25) is 0 Å². The van der Waals surface area contributed by atoms with Crippen molar-refractivity contribution in [3.8, 4) is 0 Å². The number of benzene rings is 1. The van der Waals surface area contributed by atoms with Gasteiger partial charge in [-0.05, 0) is 0 Å². The molecule has 0 aromatic heterocycles. The van der Waals surface area contributed by atoms with Gasteiger partial charge >= 0.3 is 122 Å². The van der Waals surface area contributed by atoms with Crippen LogP contribution in [0.3, 0.4) is 0 Å². The third kappa shape index (κ3) is 7.39. The molecule has 1 aromatic carbocycles. The zero-order valence-corrected chi connectivity index (χ0v) is 13.4. The Labute approximate surface area is 122 Å². The maximum atomic E-state index is 11.3. The molecule has 1 N–H and O–H groups in total. The van der Waals surface area contributed by atoms with Gasteiger partial charge in [-0.2, -0.15) is 0 Å². The minimum atomic E-state index is -0.627. The van der Waals surface area contributed by atoms with Crippen LogP contribution in [-0.2, 0) is 4.79 Å². The average Bonchev–Trinajstić information content (AvgIpc) is 2.42. The van der Waals surface area contributed by atoms with E-state index in [1.807, 2.05) is 30.3 Å². The van der Waals surface area contributed by atoms with Crippen molar-refractivity contribution in [2.75, 3.05) is 0 Å². The van der Waals surface area contributed by atoms with Crippen LogP contribution in [0.5, 0.6) is 0 Å². The van der Waals surface area contributed by atoms with Gasteiger partial charge in [0, 0.05) is 0 Å². The minimum absolute atomic E-state index is 0.0521. The molecule has 19 heavy (non-hydrogen) atoms. The molecule has 0 aliphatic carbocycles. The first-order valence-corrected chi connectivity index (χ1v) is 9.03. The van der Waals surface area contributed by atoms with Gasteiger partial charge in [-0.1, -0.05) is 0 Å². The van der Waals surface area contributed by atoms with Crippen molar-refractivity contribution in [2.45, 2.75) is 56.7 Å². The van der Waals surface area contributed by atoms with E-state index >= 15 is 0 Å². The summed E-state index contributed by atoms with van der Waals surface area (Å²) in [4.78, 5) is 11.1. The molecule has 0 radical (unpaired) electrons. The van der Waals surface area contributed by atoms with E-state index in [9.17, 15) is 9.90 Å². The van der Waals surface area contributed by atoms with E-state index in [-0.39, 0.29) is 19.8 Å². The molecule has 3 heteroatoms. The first kappa shape index (κ1) is 16.3. The van der Waals surface area contributed by atoms with E-state index in [2.05, 4.69) is 6.92 Å². The fourth-order valence-corrected chi connectivity index (χ4v) is 4.16. The van der Waals surface area contributed by atoms with E-state index in [0.717, 1.165) is 12.8 Å². The molecule has 0 saturated carbocycles. The van der Waals surface area contributed by atoms with Crippen molar-refractivity contribution in [1.29, 1.82) is 0 Å². The van der Waals surface area contributed by atoms with Crippen LogP contribution < -0.4 is 4.46 Å². The zero-order valence-electron chi connectivity index (χ0n) is 11.7. The Morgan fingerprint density at radius 2 is 1.74 bits per heavy atom. The van der Waals surface area contributed by atoms with Gasteiger partial charge in [-0.15, -0.1) is 0 Å². The van der Waals surface area contributed by atoms with Crippen LogP contribution in [-0.4, -0.2) is 26.0 Å². The molecule has 106 valence electrons. The fraction of sp³-hybridized carbons (Fsp3) is 0.562. The molecule has 1 rings (SSSR count). The van der Waals surface area contributed by atoms with E-state index in [0.29, 0.717) is 0 Å². The van der Waals surface area contributed by atoms with Gasteiger partial charge in [0.1, 0.15) is 0 Å². The Balaban J connectivity index is 2.27. The zero-order chi connectivity index (χ0) is 13.9. The van der Waals surface area contributed by atoms with Gasteiger partial charge in [-0.25, -0.2) is 0 Å². The topological polar surface area (TPSA) is 37.3 Å². The van der Waals surface area contributed by atoms with Gasteiger partial charge in [0.25, 0.3) is 0 Å². The number of hydrogen-bond acceptors (Lipinski definition) is 1. The summed E-state index contributed by atoms with van der Waals surface area (Å²) in [5.41, 5.74) is 0. The summed E-state index contributed by atoms with van der Waals surface area (Å²) in [6.07, 6.45) is 8.15. The summed E-state index contributed by atoms with van der Waals surface area (Å²) >= 11 is 0.0521. The summed E-state index contributed by atoms with van der Waals surface area (Å²) in [7, 11) is 0. The molecule has 1 atom stereocenters. The Bertz CT molecular complexity index is 351. The van der Waals surface area contributed by atoms with Crippen molar-refractivity contribution in [3.05, 3.63) is 30.3 Å². The molecule has 0 fully saturated rings. The normalized spacial score (nSPS) is 12.3. The standard InChI is InChI=1S/C16H24O2Se/c1-2-3-4-5-6-10-13-15(16(17)18)19-14-11-8-7-9-12-14/h7-9,11-12,15H,2-6,10,13H2,1H3,(H,17,18). The molecule has 1 aromatic rings. The van der Waals surface area contributed by atoms with Crippen LogP contribution in [0.1, 0.15) is 51.9 Å². The second-order valence-electron chi connectivity index (χ2n) is 4.81. The molecule has 0 aliphatic rings. The third-order valence-corrected chi connectivity index (χ3v) is 5.77. The predicted molar refractivity (Wildman–Crippen MR) is 81.2 cm³/mol. The van der Waals surface area contributed by atoms with E-state index < -0.39 is 5.97 Å². The maximum absolute atomic E-state index is 11.3. The molecule has 0 heterocycles. The van der Waals surface area contributed by atoms with Crippen molar-refractivity contribution in [3.63, 3.8) is 0 Å². The number of unbranched alkanes of at least 4 members (excludes halogenated alkanes) is 5. The molecule has 0 spiro atoms. The van der Waals surface area contributed by atoms with Crippen LogP contribution in [0.15, 0.2) is 30.3 Å². The van der Waals surface area contributed by atoms with Crippen LogP contribution >= 0.6 is 0 Å². The van der Waals surface area contributed by atoms with Crippen molar-refractivity contribution >= 4 is 25.4 Å². The Hall–Kier alpha value is -0.791. The number of aliphatic carboxylic acids is 1. The van der Waals surface area contributed by atoms with Crippen LogP contribution in [0, 0.1) is 0 Å². The van der Waals surface area contributed by atoms with Crippen LogP contribution in [0.4, 0.5) is 0 Å². The van der Waals surface area contributed by atoms with E-state index in [1.54, 1.807) is 0 Å². The van der Waals surface area contributed by atoms with Gasteiger partial charge in [0.15, 0.2) is 0 Å². The Morgan fingerprint density at radius 1 is 1.11 bits per heavy atom. The predicted octanol–water partition coefficient (Wildman–Crippen LogP) is 3.64. The van der Waals surface area contributed by atoms with Crippen LogP contribution in [0.2, 0.25) is 4.82 Å². The summed E-state index contributed by atoms with van der Waals surface area (Å²) in [6, 6.07) is 10.0. The van der Waals surface area contributed by atoms with Crippen molar-refractivity contribution < 1.29 is 9.90 Å². The van der Waals surface area contributed by atoms with Crippen LogP contribution in [0.25, 0.3) is 0 Å². The van der Waals surface area contributed by atoms with Gasteiger partial charge in [0.05, 0.1) is 0 Å². The second kappa shape index (κ2) is 10.1. The molecular weight excluding hydrogens is 303 g/mol. The molecule has 0 saturated heterocycles. The monoisotopic (exact) mass is 328 g/mol.